The van der Waals surface area contributed by atoms with Gasteiger partial charge in [-0.3, -0.25) is 0 Å². The van der Waals surface area contributed by atoms with Gasteiger partial charge in [-0.2, -0.15) is 4.98 Å². The molecule has 2 aromatic rings. The van der Waals surface area contributed by atoms with E-state index in [-0.39, 0.29) is 22.1 Å². The second kappa shape index (κ2) is 5.64. The SMILES string of the molecule is CC1(C)[C@@H](c2ccc(S(N)(=O)=O)cc2)[C@@H]1c1noc(CCC2CC2)n1. The van der Waals surface area contributed by atoms with Crippen LogP contribution in [0.25, 0.3) is 0 Å². The topological polar surface area (TPSA) is 99.1 Å². The summed E-state index contributed by atoms with van der Waals surface area (Å²) in [5.41, 5.74) is 1.09. The molecule has 2 fully saturated rings. The van der Waals surface area contributed by atoms with E-state index < -0.39 is 10.0 Å². The maximum absolute atomic E-state index is 11.4. The van der Waals surface area contributed by atoms with E-state index in [0.717, 1.165) is 36.0 Å². The third-order valence-corrected chi connectivity index (χ3v) is 6.55. The van der Waals surface area contributed by atoms with Gasteiger partial charge < -0.3 is 4.52 Å². The van der Waals surface area contributed by atoms with Gasteiger partial charge in [0.2, 0.25) is 15.9 Å². The van der Waals surface area contributed by atoms with Crippen molar-refractivity contribution in [1.29, 1.82) is 0 Å². The van der Waals surface area contributed by atoms with E-state index in [9.17, 15) is 8.42 Å². The Morgan fingerprint density at radius 2 is 1.88 bits per heavy atom. The highest BCUT2D eigenvalue weighted by Crippen LogP contribution is 2.69. The molecule has 6 nitrogen and oxygen atoms in total. The number of hydrogen-bond donors (Lipinski definition) is 1. The van der Waals surface area contributed by atoms with E-state index in [1.807, 2.05) is 12.1 Å². The number of aromatic nitrogens is 2. The molecule has 7 heteroatoms. The van der Waals surface area contributed by atoms with Gasteiger partial charge in [0, 0.05) is 18.3 Å². The Hall–Kier alpha value is -1.73. The van der Waals surface area contributed by atoms with Gasteiger partial charge in [-0.1, -0.05) is 44.0 Å². The Bertz CT molecular complexity index is 883. The lowest BCUT2D eigenvalue weighted by Gasteiger charge is -2.04. The Kier molecular flexibility index (Phi) is 3.77. The highest BCUT2D eigenvalue weighted by molar-refractivity contribution is 7.89. The second-order valence-corrected chi connectivity index (χ2v) is 9.48. The number of nitrogens with two attached hydrogens (primary N) is 1. The molecule has 0 radical (unpaired) electrons. The summed E-state index contributed by atoms with van der Waals surface area (Å²) in [5, 5.41) is 9.37. The second-order valence-electron chi connectivity index (χ2n) is 7.92. The molecule has 4 rings (SSSR count). The van der Waals surface area contributed by atoms with Crippen LogP contribution in [0.3, 0.4) is 0 Å². The lowest BCUT2D eigenvalue weighted by molar-refractivity contribution is 0.366. The Morgan fingerprint density at radius 1 is 1.20 bits per heavy atom. The summed E-state index contributed by atoms with van der Waals surface area (Å²) in [4.78, 5) is 4.74. The Balaban J connectivity index is 1.51. The summed E-state index contributed by atoms with van der Waals surface area (Å²) in [6, 6.07) is 6.79. The van der Waals surface area contributed by atoms with Crippen LogP contribution >= 0.6 is 0 Å². The van der Waals surface area contributed by atoms with E-state index in [2.05, 4.69) is 24.0 Å². The van der Waals surface area contributed by atoms with Crippen molar-refractivity contribution in [2.75, 3.05) is 0 Å². The minimum absolute atomic E-state index is 0.0146. The van der Waals surface area contributed by atoms with Crippen LogP contribution in [-0.2, 0) is 16.4 Å². The molecule has 0 aliphatic heterocycles. The first-order valence-corrected chi connectivity index (χ1v) is 10.3. The van der Waals surface area contributed by atoms with Crippen LogP contribution in [0.2, 0.25) is 0 Å². The Morgan fingerprint density at radius 3 is 2.48 bits per heavy atom. The molecule has 2 saturated carbocycles. The normalized spacial score (nSPS) is 25.1. The van der Waals surface area contributed by atoms with Crippen molar-refractivity contribution < 1.29 is 12.9 Å². The van der Waals surface area contributed by atoms with Crippen molar-refractivity contribution in [1.82, 2.24) is 10.1 Å². The molecule has 25 heavy (non-hydrogen) atoms. The summed E-state index contributed by atoms with van der Waals surface area (Å²) in [6.07, 6.45) is 4.65. The highest BCUT2D eigenvalue weighted by atomic mass is 32.2. The van der Waals surface area contributed by atoms with Crippen molar-refractivity contribution in [3.63, 3.8) is 0 Å². The van der Waals surface area contributed by atoms with Crippen molar-refractivity contribution in [3.8, 4) is 0 Å². The molecule has 2 N–H and O–H groups in total. The van der Waals surface area contributed by atoms with Crippen LogP contribution in [0.4, 0.5) is 0 Å². The number of rotatable bonds is 6. The van der Waals surface area contributed by atoms with Crippen molar-refractivity contribution in [2.45, 2.75) is 56.3 Å². The molecule has 0 unspecified atom stereocenters. The highest BCUT2D eigenvalue weighted by Gasteiger charge is 2.61. The van der Waals surface area contributed by atoms with E-state index in [0.29, 0.717) is 0 Å². The maximum Gasteiger partial charge on any atom is 0.238 e. The predicted octanol–water partition coefficient (Wildman–Crippen LogP) is 2.97. The first kappa shape index (κ1) is 16.7. The first-order chi connectivity index (χ1) is 11.8. The number of primary sulfonamides is 1. The van der Waals surface area contributed by atoms with Crippen molar-refractivity contribution in [2.24, 2.45) is 16.5 Å². The number of aryl methyl sites for hydroxylation is 1. The fourth-order valence-corrected chi connectivity index (χ4v) is 4.35. The standard InChI is InChI=1S/C18H23N3O3S/c1-18(2)15(12-6-8-13(9-7-12)25(19,22)23)16(18)17-20-14(24-21-17)10-5-11-3-4-11/h6-9,11,15-16H,3-5,10H2,1-2H3,(H2,19,22,23)/t15-,16+/m0/s1. The summed E-state index contributed by atoms with van der Waals surface area (Å²) < 4.78 is 28.2. The monoisotopic (exact) mass is 361 g/mol. The van der Waals surface area contributed by atoms with Crippen molar-refractivity contribution >= 4 is 10.0 Å². The van der Waals surface area contributed by atoms with E-state index >= 15 is 0 Å². The quantitative estimate of drug-likeness (QED) is 0.853. The fraction of sp³-hybridized carbons (Fsp3) is 0.556. The Labute approximate surface area is 147 Å². The summed E-state index contributed by atoms with van der Waals surface area (Å²) >= 11 is 0. The lowest BCUT2D eigenvalue weighted by atomic mass is 10.0. The van der Waals surface area contributed by atoms with Gasteiger partial charge in [0.25, 0.3) is 0 Å². The smallest absolute Gasteiger partial charge is 0.238 e. The third kappa shape index (κ3) is 3.22. The molecular weight excluding hydrogens is 338 g/mol. The number of hydrogen-bond acceptors (Lipinski definition) is 5. The zero-order valence-corrected chi connectivity index (χ0v) is 15.3. The molecule has 2 atom stereocenters. The minimum atomic E-state index is -3.66. The van der Waals surface area contributed by atoms with Crippen molar-refractivity contribution in [3.05, 3.63) is 41.5 Å². The van der Waals surface area contributed by atoms with Crippen LogP contribution in [0.15, 0.2) is 33.7 Å². The zero-order chi connectivity index (χ0) is 17.8. The largest absolute Gasteiger partial charge is 0.339 e. The van der Waals surface area contributed by atoms with Gasteiger partial charge in [-0.15, -0.1) is 0 Å². The van der Waals surface area contributed by atoms with E-state index in [4.69, 9.17) is 9.66 Å². The van der Waals surface area contributed by atoms with Gasteiger partial charge >= 0.3 is 0 Å². The van der Waals surface area contributed by atoms with Crippen LogP contribution < -0.4 is 5.14 Å². The average molecular weight is 361 g/mol. The molecule has 1 aromatic heterocycles. The number of nitrogens with zero attached hydrogens (tertiary/aromatic N) is 2. The summed E-state index contributed by atoms with van der Waals surface area (Å²) in [7, 11) is -3.66. The summed E-state index contributed by atoms with van der Waals surface area (Å²) in [6.45, 7) is 4.35. The van der Waals surface area contributed by atoms with E-state index in [1.165, 1.54) is 12.8 Å². The van der Waals surface area contributed by atoms with Gasteiger partial charge in [0.15, 0.2) is 5.82 Å². The molecule has 1 heterocycles. The molecule has 134 valence electrons. The van der Waals surface area contributed by atoms with Gasteiger partial charge in [-0.25, -0.2) is 13.6 Å². The van der Waals surface area contributed by atoms with Gasteiger partial charge in [-0.05, 0) is 35.4 Å². The fourth-order valence-electron chi connectivity index (χ4n) is 3.84. The molecule has 0 spiro atoms. The molecule has 1 aromatic carbocycles. The molecule has 0 bridgehead atoms. The number of benzene rings is 1. The molecule has 0 amide bonds. The molecular formula is C18H23N3O3S. The molecule has 2 aliphatic rings. The molecule has 2 aliphatic carbocycles. The third-order valence-electron chi connectivity index (χ3n) is 5.62. The number of sulfonamides is 1. The predicted molar refractivity (Wildman–Crippen MR) is 92.4 cm³/mol. The lowest BCUT2D eigenvalue weighted by Crippen LogP contribution is -2.11. The molecule has 0 saturated heterocycles. The maximum atomic E-state index is 11.4. The summed E-state index contributed by atoms with van der Waals surface area (Å²) in [5.74, 6) is 2.77. The van der Waals surface area contributed by atoms with E-state index in [1.54, 1.807) is 12.1 Å². The zero-order valence-electron chi connectivity index (χ0n) is 14.5. The van der Waals surface area contributed by atoms with Crippen LogP contribution in [0.5, 0.6) is 0 Å². The minimum Gasteiger partial charge on any atom is -0.339 e. The van der Waals surface area contributed by atoms with Crippen LogP contribution in [-0.4, -0.2) is 18.6 Å². The van der Waals surface area contributed by atoms with Gasteiger partial charge in [0.1, 0.15) is 0 Å². The van der Waals surface area contributed by atoms with Crippen LogP contribution in [0.1, 0.15) is 62.2 Å². The average Bonchev–Trinajstić information content (AvgIpc) is 3.41. The first-order valence-electron chi connectivity index (χ1n) is 8.72. The van der Waals surface area contributed by atoms with Gasteiger partial charge in [0.05, 0.1) is 4.90 Å². The van der Waals surface area contributed by atoms with Crippen LogP contribution in [0, 0.1) is 11.3 Å².